The Kier molecular flexibility index (Phi) is 3.36. The van der Waals surface area contributed by atoms with Gasteiger partial charge in [-0.15, -0.1) is 0 Å². The van der Waals surface area contributed by atoms with Crippen LogP contribution < -0.4 is 0 Å². The highest BCUT2D eigenvalue weighted by Crippen LogP contribution is 2.36. The largest absolute Gasteiger partial charge is 0.255 e. The van der Waals surface area contributed by atoms with Gasteiger partial charge in [0.05, 0.1) is 11.1 Å². The van der Waals surface area contributed by atoms with Gasteiger partial charge in [-0.2, -0.15) is 5.26 Å². The molecule has 0 aliphatic heterocycles. The van der Waals surface area contributed by atoms with E-state index in [4.69, 9.17) is 0 Å². The normalized spacial score (nSPS) is 10.4. The van der Waals surface area contributed by atoms with E-state index < -0.39 is 0 Å². The minimum absolute atomic E-state index is 0.290. The van der Waals surface area contributed by atoms with Crippen molar-refractivity contribution in [3.05, 3.63) is 66.1 Å². The molecule has 0 saturated heterocycles. The van der Waals surface area contributed by atoms with Crippen LogP contribution >= 0.6 is 11.8 Å². The summed E-state index contributed by atoms with van der Waals surface area (Å²) in [5.41, 5.74) is 1.25. The molecule has 3 aromatic rings. The van der Waals surface area contributed by atoms with E-state index in [2.05, 4.69) is 11.1 Å². The summed E-state index contributed by atoms with van der Waals surface area (Å²) in [6.45, 7) is 0. The van der Waals surface area contributed by atoms with E-state index in [1.807, 2.05) is 24.3 Å². The molecule has 0 radical (unpaired) electrons. The molecule has 0 atom stereocenters. The van der Waals surface area contributed by atoms with Gasteiger partial charge in [-0.25, -0.2) is 4.39 Å². The number of fused-ring (bicyclic) bond motifs is 1. The van der Waals surface area contributed by atoms with E-state index in [9.17, 15) is 9.65 Å². The molecule has 0 N–H and O–H groups in total. The first-order valence-electron chi connectivity index (χ1n) is 6.00. The van der Waals surface area contributed by atoms with Crippen LogP contribution in [-0.4, -0.2) is 4.98 Å². The summed E-state index contributed by atoms with van der Waals surface area (Å²) in [6, 6.07) is 16.2. The van der Waals surface area contributed by atoms with Crippen LogP contribution in [0.15, 0.2) is 64.5 Å². The number of benzene rings is 2. The van der Waals surface area contributed by atoms with Gasteiger partial charge in [0.2, 0.25) is 0 Å². The van der Waals surface area contributed by atoms with Crippen LogP contribution in [0.1, 0.15) is 5.56 Å². The summed E-state index contributed by atoms with van der Waals surface area (Å²) in [7, 11) is 0. The Balaban J connectivity index is 2.20. The Bertz CT molecular complexity index is 824. The maximum atomic E-state index is 13.8. The highest BCUT2D eigenvalue weighted by Gasteiger charge is 2.12. The third-order valence-corrected chi connectivity index (χ3v) is 4.09. The van der Waals surface area contributed by atoms with Gasteiger partial charge in [0.15, 0.2) is 0 Å². The van der Waals surface area contributed by atoms with Gasteiger partial charge >= 0.3 is 0 Å². The SMILES string of the molecule is N#Cc1cnc2ccccc2c1Sc1ccccc1F. The zero-order valence-electron chi connectivity index (χ0n) is 10.4. The molecule has 4 heteroatoms. The van der Waals surface area contributed by atoms with Crippen molar-refractivity contribution in [3.8, 4) is 6.07 Å². The second-order valence-corrected chi connectivity index (χ2v) is 5.21. The average Bonchev–Trinajstić information content (AvgIpc) is 2.50. The lowest BCUT2D eigenvalue weighted by atomic mass is 10.2. The van der Waals surface area contributed by atoms with Crippen molar-refractivity contribution in [2.75, 3.05) is 0 Å². The van der Waals surface area contributed by atoms with Crippen LogP contribution in [0.3, 0.4) is 0 Å². The zero-order chi connectivity index (χ0) is 13.9. The molecule has 1 aromatic heterocycles. The molecule has 3 rings (SSSR count). The van der Waals surface area contributed by atoms with E-state index in [-0.39, 0.29) is 5.82 Å². The minimum Gasteiger partial charge on any atom is -0.255 e. The second kappa shape index (κ2) is 5.32. The molecule has 2 nitrogen and oxygen atoms in total. The maximum Gasteiger partial charge on any atom is 0.137 e. The predicted molar refractivity (Wildman–Crippen MR) is 77.0 cm³/mol. The van der Waals surface area contributed by atoms with Crippen LogP contribution in [0.5, 0.6) is 0 Å². The third kappa shape index (κ3) is 2.24. The van der Waals surface area contributed by atoms with E-state index in [0.29, 0.717) is 10.5 Å². The molecular formula is C16H9FN2S. The molecule has 0 fully saturated rings. The first kappa shape index (κ1) is 12.6. The van der Waals surface area contributed by atoms with E-state index in [1.165, 1.54) is 24.0 Å². The van der Waals surface area contributed by atoms with Crippen LogP contribution in [0.4, 0.5) is 4.39 Å². The number of nitriles is 1. The fraction of sp³-hybridized carbons (Fsp3) is 0. The number of para-hydroxylation sites is 1. The summed E-state index contributed by atoms with van der Waals surface area (Å²) >= 11 is 1.26. The lowest BCUT2D eigenvalue weighted by molar-refractivity contribution is 0.602. The number of hydrogen-bond donors (Lipinski definition) is 0. The summed E-state index contributed by atoms with van der Waals surface area (Å²) < 4.78 is 13.8. The Morgan fingerprint density at radius 2 is 1.80 bits per heavy atom. The van der Waals surface area contributed by atoms with Crippen molar-refractivity contribution in [2.45, 2.75) is 9.79 Å². The Labute approximate surface area is 119 Å². The van der Waals surface area contributed by atoms with E-state index in [1.54, 1.807) is 18.2 Å². The smallest absolute Gasteiger partial charge is 0.137 e. The Hall–Kier alpha value is -2.38. The molecule has 0 amide bonds. The van der Waals surface area contributed by atoms with Crippen LogP contribution in [0.25, 0.3) is 10.9 Å². The Morgan fingerprint density at radius 3 is 2.60 bits per heavy atom. The standard InChI is InChI=1S/C16H9FN2S/c17-13-6-2-4-8-15(13)20-16-11(9-18)10-19-14-7-3-1-5-12(14)16/h1-8,10H. The average molecular weight is 280 g/mol. The van der Waals surface area contributed by atoms with E-state index in [0.717, 1.165) is 15.8 Å². The van der Waals surface area contributed by atoms with Crippen molar-refractivity contribution in [2.24, 2.45) is 0 Å². The molecule has 0 bridgehead atoms. The molecule has 96 valence electrons. The van der Waals surface area contributed by atoms with Gasteiger partial charge in [-0.3, -0.25) is 4.98 Å². The lowest BCUT2D eigenvalue weighted by Crippen LogP contribution is -1.89. The summed E-state index contributed by atoms with van der Waals surface area (Å²) in [5.74, 6) is -0.290. The van der Waals surface area contributed by atoms with Gasteiger partial charge in [-0.05, 0) is 18.2 Å². The number of nitrogens with zero attached hydrogens (tertiary/aromatic N) is 2. The molecule has 20 heavy (non-hydrogen) atoms. The number of halogens is 1. The minimum atomic E-state index is -0.290. The fourth-order valence-electron chi connectivity index (χ4n) is 1.94. The maximum absolute atomic E-state index is 13.8. The fourth-order valence-corrected chi connectivity index (χ4v) is 2.97. The molecular weight excluding hydrogens is 271 g/mol. The van der Waals surface area contributed by atoms with Crippen molar-refractivity contribution >= 4 is 22.7 Å². The molecule has 0 aliphatic rings. The first-order chi connectivity index (χ1) is 9.79. The first-order valence-corrected chi connectivity index (χ1v) is 6.81. The van der Waals surface area contributed by atoms with E-state index >= 15 is 0 Å². The van der Waals surface area contributed by atoms with Crippen molar-refractivity contribution in [3.63, 3.8) is 0 Å². The zero-order valence-corrected chi connectivity index (χ0v) is 11.2. The summed E-state index contributed by atoms with van der Waals surface area (Å²) in [5, 5.41) is 10.1. The quantitative estimate of drug-likeness (QED) is 0.698. The molecule has 0 saturated carbocycles. The molecule has 0 spiro atoms. The summed E-state index contributed by atoms with van der Waals surface area (Å²) in [6.07, 6.45) is 1.53. The predicted octanol–water partition coefficient (Wildman–Crippen LogP) is 4.40. The molecule has 0 unspecified atom stereocenters. The van der Waals surface area contributed by atoms with Gasteiger partial charge in [0, 0.05) is 21.4 Å². The summed E-state index contributed by atoms with van der Waals surface area (Å²) in [4.78, 5) is 5.49. The molecule has 2 aromatic carbocycles. The number of hydrogen-bond acceptors (Lipinski definition) is 3. The highest BCUT2D eigenvalue weighted by atomic mass is 32.2. The van der Waals surface area contributed by atoms with Crippen LogP contribution in [0.2, 0.25) is 0 Å². The van der Waals surface area contributed by atoms with Gasteiger partial charge in [0.1, 0.15) is 11.9 Å². The van der Waals surface area contributed by atoms with Crippen molar-refractivity contribution < 1.29 is 4.39 Å². The lowest BCUT2D eigenvalue weighted by Gasteiger charge is -2.08. The van der Waals surface area contributed by atoms with Crippen molar-refractivity contribution in [1.82, 2.24) is 4.98 Å². The van der Waals surface area contributed by atoms with Crippen LogP contribution in [0, 0.1) is 17.1 Å². The third-order valence-electron chi connectivity index (χ3n) is 2.90. The van der Waals surface area contributed by atoms with Crippen LogP contribution in [-0.2, 0) is 0 Å². The topological polar surface area (TPSA) is 36.7 Å². The van der Waals surface area contributed by atoms with Crippen molar-refractivity contribution in [1.29, 1.82) is 5.26 Å². The monoisotopic (exact) mass is 280 g/mol. The number of rotatable bonds is 2. The number of pyridine rings is 1. The van der Waals surface area contributed by atoms with Gasteiger partial charge in [-0.1, -0.05) is 42.1 Å². The highest BCUT2D eigenvalue weighted by molar-refractivity contribution is 7.99. The second-order valence-electron chi connectivity index (χ2n) is 4.16. The molecule has 1 heterocycles. The molecule has 0 aliphatic carbocycles. The Morgan fingerprint density at radius 1 is 1.05 bits per heavy atom. The van der Waals surface area contributed by atoms with Gasteiger partial charge in [0.25, 0.3) is 0 Å². The number of aromatic nitrogens is 1. The van der Waals surface area contributed by atoms with Gasteiger partial charge < -0.3 is 0 Å².